The predicted molar refractivity (Wildman–Crippen MR) is 62.9 cm³/mol. The fourth-order valence-electron chi connectivity index (χ4n) is 2.52. The van der Waals surface area contributed by atoms with E-state index in [1.807, 2.05) is 6.92 Å². The number of alkyl halides is 2. The van der Waals surface area contributed by atoms with Crippen molar-refractivity contribution in [1.29, 1.82) is 0 Å². The number of rotatable bonds is 3. The summed E-state index contributed by atoms with van der Waals surface area (Å²) in [6.45, 7) is 3.72. The molecule has 1 saturated heterocycles. The van der Waals surface area contributed by atoms with Gasteiger partial charge in [0.05, 0.1) is 12.7 Å². The summed E-state index contributed by atoms with van der Waals surface area (Å²) >= 11 is 0. The minimum absolute atomic E-state index is 0.000000000000000222. The molecule has 1 aromatic carbocycles. The van der Waals surface area contributed by atoms with E-state index < -0.39 is 6.43 Å². The van der Waals surface area contributed by atoms with E-state index in [0.717, 1.165) is 30.6 Å². The van der Waals surface area contributed by atoms with Crippen LogP contribution in [0.25, 0.3) is 0 Å². The summed E-state index contributed by atoms with van der Waals surface area (Å²) in [6.07, 6.45) is -1.51. The highest BCUT2D eigenvalue weighted by Gasteiger charge is 2.26. The monoisotopic (exact) mass is 241 g/mol. The number of halogens is 2. The third-order valence-electron chi connectivity index (χ3n) is 3.35. The molecule has 1 aliphatic heterocycles. The number of ether oxygens (including phenoxy) is 1. The molecule has 4 heteroatoms. The van der Waals surface area contributed by atoms with Gasteiger partial charge < -0.3 is 10.1 Å². The quantitative estimate of drug-likeness (QED) is 0.878. The van der Waals surface area contributed by atoms with Gasteiger partial charge in [-0.05, 0) is 31.5 Å². The maximum Gasteiger partial charge on any atom is 0.267 e. The average Bonchev–Trinajstić information content (AvgIpc) is 2.81. The van der Waals surface area contributed by atoms with Gasteiger partial charge in [-0.25, -0.2) is 8.78 Å². The summed E-state index contributed by atoms with van der Waals surface area (Å²) in [6, 6.07) is 3.22. The van der Waals surface area contributed by atoms with Crippen molar-refractivity contribution in [3.63, 3.8) is 0 Å². The summed E-state index contributed by atoms with van der Waals surface area (Å²) in [5, 5.41) is 3.25. The van der Waals surface area contributed by atoms with E-state index in [9.17, 15) is 8.78 Å². The lowest BCUT2D eigenvalue weighted by Crippen LogP contribution is -2.10. The predicted octanol–water partition coefficient (Wildman–Crippen LogP) is 3.02. The smallest absolute Gasteiger partial charge is 0.267 e. The van der Waals surface area contributed by atoms with Gasteiger partial charge in [0.1, 0.15) is 5.75 Å². The van der Waals surface area contributed by atoms with E-state index in [0.29, 0.717) is 5.75 Å². The second kappa shape index (κ2) is 5.00. The van der Waals surface area contributed by atoms with E-state index in [2.05, 4.69) is 5.32 Å². The van der Waals surface area contributed by atoms with Crippen LogP contribution in [0.3, 0.4) is 0 Å². The Hall–Kier alpha value is -1.16. The second-order valence-electron chi connectivity index (χ2n) is 4.41. The molecule has 1 aromatic rings. The maximum absolute atomic E-state index is 12.9. The molecule has 1 unspecified atom stereocenters. The lowest BCUT2D eigenvalue weighted by molar-refractivity contribution is 0.146. The average molecular weight is 241 g/mol. The first kappa shape index (κ1) is 12.3. The minimum atomic E-state index is -2.49. The SMILES string of the molecule is COc1c(C(F)F)ccc(C)c1C1CCNC1. The summed E-state index contributed by atoms with van der Waals surface area (Å²) < 4.78 is 31.1. The fraction of sp³-hybridized carbons (Fsp3) is 0.538. The first-order valence-electron chi connectivity index (χ1n) is 5.81. The van der Waals surface area contributed by atoms with Crippen LogP contribution in [0.2, 0.25) is 0 Å². The molecule has 1 aliphatic rings. The normalized spacial score (nSPS) is 19.9. The maximum atomic E-state index is 12.9. The molecule has 2 rings (SSSR count). The van der Waals surface area contributed by atoms with Crippen molar-refractivity contribution in [3.8, 4) is 5.75 Å². The Morgan fingerprint density at radius 1 is 1.41 bits per heavy atom. The van der Waals surface area contributed by atoms with Gasteiger partial charge in [0.2, 0.25) is 0 Å². The van der Waals surface area contributed by atoms with Crippen molar-refractivity contribution in [2.75, 3.05) is 20.2 Å². The van der Waals surface area contributed by atoms with Gasteiger partial charge in [0, 0.05) is 18.0 Å². The first-order valence-corrected chi connectivity index (χ1v) is 5.81. The molecule has 0 aromatic heterocycles. The third kappa shape index (κ3) is 2.27. The molecule has 0 spiro atoms. The molecule has 0 radical (unpaired) electrons. The number of methoxy groups -OCH3 is 1. The zero-order chi connectivity index (χ0) is 12.4. The molecule has 17 heavy (non-hydrogen) atoms. The van der Waals surface area contributed by atoms with Crippen molar-refractivity contribution < 1.29 is 13.5 Å². The largest absolute Gasteiger partial charge is 0.496 e. The molecule has 1 fully saturated rings. The van der Waals surface area contributed by atoms with E-state index in [1.165, 1.54) is 13.2 Å². The van der Waals surface area contributed by atoms with Crippen molar-refractivity contribution in [3.05, 3.63) is 28.8 Å². The van der Waals surface area contributed by atoms with E-state index in [1.54, 1.807) is 6.07 Å². The van der Waals surface area contributed by atoms with Gasteiger partial charge in [0.15, 0.2) is 0 Å². The fourth-order valence-corrected chi connectivity index (χ4v) is 2.52. The Morgan fingerprint density at radius 3 is 2.71 bits per heavy atom. The van der Waals surface area contributed by atoms with Crippen LogP contribution in [0.1, 0.15) is 35.5 Å². The van der Waals surface area contributed by atoms with Crippen LogP contribution in [0.5, 0.6) is 5.75 Å². The van der Waals surface area contributed by atoms with Gasteiger partial charge >= 0.3 is 0 Å². The van der Waals surface area contributed by atoms with Gasteiger partial charge in [-0.2, -0.15) is 0 Å². The van der Waals surface area contributed by atoms with Crippen LogP contribution < -0.4 is 10.1 Å². The molecule has 1 heterocycles. The van der Waals surface area contributed by atoms with Gasteiger partial charge in [-0.15, -0.1) is 0 Å². The molecule has 1 N–H and O–H groups in total. The molecule has 94 valence electrons. The van der Waals surface area contributed by atoms with E-state index in [-0.39, 0.29) is 11.5 Å². The topological polar surface area (TPSA) is 21.3 Å². The zero-order valence-corrected chi connectivity index (χ0v) is 10.1. The van der Waals surface area contributed by atoms with Crippen LogP contribution in [-0.4, -0.2) is 20.2 Å². The highest BCUT2D eigenvalue weighted by molar-refractivity contribution is 5.49. The van der Waals surface area contributed by atoms with Gasteiger partial charge in [0.25, 0.3) is 6.43 Å². The molecular weight excluding hydrogens is 224 g/mol. The molecule has 0 bridgehead atoms. The molecular formula is C13H17F2NO. The van der Waals surface area contributed by atoms with Crippen molar-refractivity contribution >= 4 is 0 Å². The molecule has 1 atom stereocenters. The summed E-state index contributed by atoms with van der Waals surface area (Å²) in [7, 11) is 1.46. The Labute approximate surface area is 100.0 Å². The Balaban J connectivity index is 2.50. The number of benzene rings is 1. The number of aryl methyl sites for hydroxylation is 1. The highest BCUT2D eigenvalue weighted by Crippen LogP contribution is 2.39. The first-order chi connectivity index (χ1) is 8.15. The number of hydrogen-bond acceptors (Lipinski definition) is 2. The van der Waals surface area contributed by atoms with Crippen LogP contribution in [0.15, 0.2) is 12.1 Å². The molecule has 0 saturated carbocycles. The standard InChI is InChI=1S/C13H17F2NO/c1-8-3-4-10(13(14)15)12(17-2)11(8)9-5-6-16-7-9/h3-4,9,13,16H,5-7H2,1-2H3. The summed E-state index contributed by atoms with van der Waals surface area (Å²) in [4.78, 5) is 0. The second-order valence-corrected chi connectivity index (χ2v) is 4.41. The van der Waals surface area contributed by atoms with Gasteiger partial charge in [-0.3, -0.25) is 0 Å². The van der Waals surface area contributed by atoms with Crippen LogP contribution >= 0.6 is 0 Å². The Morgan fingerprint density at radius 2 is 2.18 bits per heavy atom. The summed E-state index contributed by atoms with van der Waals surface area (Å²) in [5.41, 5.74) is 1.97. The van der Waals surface area contributed by atoms with Crippen molar-refractivity contribution in [2.24, 2.45) is 0 Å². The minimum Gasteiger partial charge on any atom is -0.496 e. The van der Waals surface area contributed by atoms with Gasteiger partial charge in [-0.1, -0.05) is 6.07 Å². The Bertz CT molecular complexity index is 401. The van der Waals surface area contributed by atoms with E-state index >= 15 is 0 Å². The molecule has 0 aliphatic carbocycles. The van der Waals surface area contributed by atoms with Crippen molar-refractivity contribution in [1.82, 2.24) is 5.32 Å². The molecule has 2 nitrogen and oxygen atoms in total. The van der Waals surface area contributed by atoms with Crippen LogP contribution in [0.4, 0.5) is 8.78 Å². The van der Waals surface area contributed by atoms with E-state index in [4.69, 9.17) is 4.74 Å². The lowest BCUT2D eigenvalue weighted by atomic mass is 9.91. The third-order valence-corrected chi connectivity index (χ3v) is 3.35. The summed E-state index contributed by atoms with van der Waals surface area (Å²) in [5.74, 6) is 0.650. The number of hydrogen-bond donors (Lipinski definition) is 1. The van der Waals surface area contributed by atoms with Crippen LogP contribution in [0, 0.1) is 6.92 Å². The molecule has 0 amide bonds. The lowest BCUT2D eigenvalue weighted by Gasteiger charge is -2.19. The van der Waals surface area contributed by atoms with Crippen LogP contribution in [-0.2, 0) is 0 Å². The number of nitrogens with one attached hydrogen (secondary N) is 1. The highest BCUT2D eigenvalue weighted by atomic mass is 19.3. The zero-order valence-electron chi connectivity index (χ0n) is 10.1. The van der Waals surface area contributed by atoms with Crippen molar-refractivity contribution in [2.45, 2.75) is 25.7 Å². The Kier molecular flexibility index (Phi) is 3.62.